The third-order valence-electron chi connectivity index (χ3n) is 2.64. The Hall–Kier alpha value is -1.97. The van der Waals surface area contributed by atoms with Gasteiger partial charge >= 0.3 is 6.09 Å². The van der Waals surface area contributed by atoms with Crippen LogP contribution in [-0.2, 0) is 11.3 Å². The number of benzene rings is 1. The fourth-order valence-electron chi connectivity index (χ4n) is 1.68. The molecule has 0 bridgehead atoms. The van der Waals surface area contributed by atoms with Crippen molar-refractivity contribution in [2.75, 3.05) is 14.2 Å². The molecule has 0 aromatic heterocycles. The maximum atomic E-state index is 11.4. The minimum Gasteiger partial charge on any atom is -0.452 e. The number of hydrazine groups is 1. The second-order valence-corrected chi connectivity index (χ2v) is 3.61. The standard InChI is InChI=1S/C12H14N2O2/c1-13(12(15)16-2)14-8-7-10-5-3-4-6-11(10)9-14/h3-8H,9H2,1-2H3. The Kier molecular flexibility index (Phi) is 2.81. The summed E-state index contributed by atoms with van der Waals surface area (Å²) in [6.07, 6.45) is 3.49. The average Bonchev–Trinajstić information content (AvgIpc) is 2.36. The second kappa shape index (κ2) is 4.26. The Balaban J connectivity index is 2.17. The summed E-state index contributed by atoms with van der Waals surface area (Å²) in [5.41, 5.74) is 2.39. The molecule has 84 valence electrons. The SMILES string of the molecule is COC(=O)N(C)N1C=Cc2ccccc2C1. The van der Waals surface area contributed by atoms with Gasteiger partial charge in [0, 0.05) is 13.2 Å². The summed E-state index contributed by atoms with van der Waals surface area (Å²) >= 11 is 0. The lowest BCUT2D eigenvalue weighted by molar-refractivity contribution is 0.0332. The lowest BCUT2D eigenvalue weighted by Gasteiger charge is -2.32. The quantitative estimate of drug-likeness (QED) is 0.723. The first-order valence-electron chi connectivity index (χ1n) is 5.06. The highest BCUT2D eigenvalue weighted by atomic mass is 16.5. The van der Waals surface area contributed by atoms with Crippen molar-refractivity contribution < 1.29 is 9.53 Å². The molecule has 2 rings (SSSR count). The number of carbonyl (C=O) groups is 1. The summed E-state index contributed by atoms with van der Waals surface area (Å²) < 4.78 is 4.66. The van der Waals surface area contributed by atoms with E-state index in [2.05, 4.69) is 16.9 Å². The summed E-state index contributed by atoms with van der Waals surface area (Å²) in [6, 6.07) is 8.11. The van der Waals surface area contributed by atoms with E-state index in [-0.39, 0.29) is 6.09 Å². The van der Waals surface area contributed by atoms with Crippen molar-refractivity contribution in [3.63, 3.8) is 0 Å². The number of methoxy groups -OCH3 is 1. The van der Waals surface area contributed by atoms with Crippen LogP contribution in [0.4, 0.5) is 4.79 Å². The van der Waals surface area contributed by atoms with E-state index >= 15 is 0 Å². The zero-order valence-electron chi connectivity index (χ0n) is 9.38. The highest BCUT2D eigenvalue weighted by Crippen LogP contribution is 2.20. The molecule has 1 aromatic carbocycles. The average molecular weight is 218 g/mol. The largest absolute Gasteiger partial charge is 0.452 e. The van der Waals surface area contributed by atoms with Gasteiger partial charge < -0.3 is 4.74 Å². The summed E-state index contributed by atoms with van der Waals surface area (Å²) in [5, 5.41) is 3.26. The van der Waals surface area contributed by atoms with Gasteiger partial charge in [0.25, 0.3) is 0 Å². The molecule has 0 atom stereocenters. The molecule has 1 heterocycles. The van der Waals surface area contributed by atoms with Crippen molar-refractivity contribution in [1.29, 1.82) is 0 Å². The van der Waals surface area contributed by atoms with Crippen molar-refractivity contribution >= 4 is 12.2 Å². The summed E-state index contributed by atoms with van der Waals surface area (Å²) in [6.45, 7) is 0.679. The summed E-state index contributed by atoms with van der Waals surface area (Å²) in [4.78, 5) is 11.4. The first-order valence-corrected chi connectivity index (χ1v) is 5.06. The molecule has 0 saturated carbocycles. The highest BCUT2D eigenvalue weighted by Gasteiger charge is 2.18. The molecular formula is C12H14N2O2. The van der Waals surface area contributed by atoms with E-state index in [1.807, 2.05) is 29.4 Å². The molecular weight excluding hydrogens is 204 g/mol. The third kappa shape index (κ3) is 1.86. The first-order chi connectivity index (χ1) is 7.72. The van der Waals surface area contributed by atoms with Gasteiger partial charge in [-0.2, -0.15) is 0 Å². The number of carbonyl (C=O) groups excluding carboxylic acids is 1. The van der Waals surface area contributed by atoms with Gasteiger partial charge in [0.2, 0.25) is 0 Å². The van der Waals surface area contributed by atoms with Gasteiger partial charge in [-0.15, -0.1) is 0 Å². The normalized spacial score (nSPS) is 13.2. The Morgan fingerprint density at radius 2 is 2.19 bits per heavy atom. The van der Waals surface area contributed by atoms with Gasteiger partial charge in [-0.05, 0) is 17.2 Å². The minimum atomic E-state index is -0.371. The van der Waals surface area contributed by atoms with Crippen LogP contribution in [-0.4, -0.2) is 30.3 Å². The molecule has 0 unspecified atom stereocenters. The van der Waals surface area contributed by atoms with Crippen LogP contribution >= 0.6 is 0 Å². The monoisotopic (exact) mass is 218 g/mol. The van der Waals surface area contributed by atoms with Gasteiger partial charge in [-0.3, -0.25) is 5.01 Å². The van der Waals surface area contributed by atoms with Crippen LogP contribution < -0.4 is 0 Å². The molecule has 1 aromatic rings. The van der Waals surface area contributed by atoms with Crippen molar-refractivity contribution in [3.8, 4) is 0 Å². The third-order valence-corrected chi connectivity index (χ3v) is 2.64. The lowest BCUT2D eigenvalue weighted by atomic mass is 10.1. The zero-order valence-corrected chi connectivity index (χ0v) is 9.38. The molecule has 4 heteroatoms. The van der Waals surface area contributed by atoms with Gasteiger partial charge in [0.15, 0.2) is 0 Å². The first kappa shape index (κ1) is 10.5. The second-order valence-electron chi connectivity index (χ2n) is 3.61. The zero-order chi connectivity index (χ0) is 11.5. The number of rotatable bonds is 1. The van der Waals surface area contributed by atoms with Crippen LogP contribution in [0.25, 0.3) is 6.08 Å². The van der Waals surface area contributed by atoms with E-state index < -0.39 is 0 Å². The van der Waals surface area contributed by atoms with Crippen LogP contribution in [0.5, 0.6) is 0 Å². The molecule has 0 spiro atoms. The summed E-state index contributed by atoms with van der Waals surface area (Å²) in [5.74, 6) is 0. The smallest absolute Gasteiger partial charge is 0.428 e. The van der Waals surface area contributed by atoms with Gasteiger partial charge in [-0.1, -0.05) is 24.3 Å². The Morgan fingerprint density at radius 3 is 2.94 bits per heavy atom. The molecule has 4 nitrogen and oxygen atoms in total. The number of ether oxygens (including phenoxy) is 1. The van der Waals surface area contributed by atoms with Gasteiger partial charge in [0.1, 0.15) is 0 Å². The topological polar surface area (TPSA) is 32.8 Å². The Labute approximate surface area is 94.7 Å². The predicted octanol–water partition coefficient (Wildman–Crippen LogP) is 2.09. The number of hydrogen-bond donors (Lipinski definition) is 0. The maximum Gasteiger partial charge on any atom is 0.428 e. The number of fused-ring (bicyclic) bond motifs is 1. The number of hydrogen-bond acceptors (Lipinski definition) is 3. The van der Waals surface area contributed by atoms with Crippen molar-refractivity contribution in [2.24, 2.45) is 0 Å². The van der Waals surface area contributed by atoms with Crippen LogP contribution in [0.2, 0.25) is 0 Å². The minimum absolute atomic E-state index is 0.371. The van der Waals surface area contributed by atoms with Crippen LogP contribution in [0, 0.1) is 0 Å². The van der Waals surface area contributed by atoms with E-state index in [0.717, 1.165) is 0 Å². The van der Waals surface area contributed by atoms with Crippen LogP contribution in [0.15, 0.2) is 30.5 Å². The predicted molar refractivity (Wildman–Crippen MR) is 61.2 cm³/mol. The van der Waals surface area contributed by atoms with Crippen molar-refractivity contribution in [2.45, 2.75) is 6.54 Å². The molecule has 0 saturated heterocycles. The Bertz CT molecular complexity index is 429. The fourth-order valence-corrected chi connectivity index (χ4v) is 1.68. The molecule has 0 N–H and O–H groups in total. The molecule has 1 amide bonds. The van der Waals surface area contributed by atoms with Gasteiger partial charge in [0.05, 0.1) is 13.7 Å². The molecule has 0 aliphatic carbocycles. The van der Waals surface area contributed by atoms with Crippen molar-refractivity contribution in [1.82, 2.24) is 10.0 Å². The van der Waals surface area contributed by atoms with Crippen LogP contribution in [0.3, 0.4) is 0 Å². The van der Waals surface area contributed by atoms with E-state index in [0.29, 0.717) is 6.54 Å². The van der Waals surface area contributed by atoms with Crippen molar-refractivity contribution in [3.05, 3.63) is 41.6 Å². The molecule has 1 aliphatic rings. The summed E-state index contributed by atoms with van der Waals surface area (Å²) in [7, 11) is 3.06. The van der Waals surface area contributed by atoms with E-state index in [1.54, 1.807) is 7.05 Å². The fraction of sp³-hybridized carbons (Fsp3) is 0.250. The van der Waals surface area contributed by atoms with Crippen LogP contribution in [0.1, 0.15) is 11.1 Å². The molecule has 0 fully saturated rings. The highest BCUT2D eigenvalue weighted by molar-refractivity contribution is 5.67. The number of amides is 1. The molecule has 0 radical (unpaired) electrons. The van der Waals surface area contributed by atoms with Gasteiger partial charge in [-0.25, -0.2) is 9.80 Å². The van der Waals surface area contributed by atoms with E-state index in [4.69, 9.17) is 0 Å². The number of nitrogens with zero attached hydrogens (tertiary/aromatic N) is 2. The van der Waals surface area contributed by atoms with E-state index in [1.165, 1.54) is 23.2 Å². The Morgan fingerprint density at radius 1 is 1.44 bits per heavy atom. The molecule has 1 aliphatic heterocycles. The maximum absolute atomic E-state index is 11.4. The molecule has 16 heavy (non-hydrogen) atoms. The van der Waals surface area contributed by atoms with E-state index in [9.17, 15) is 4.79 Å². The lowest BCUT2D eigenvalue weighted by Crippen LogP contribution is -2.40.